The van der Waals surface area contributed by atoms with Crippen LogP contribution in [0.1, 0.15) is 71.1 Å². The summed E-state index contributed by atoms with van der Waals surface area (Å²) in [6.45, 7) is 3.22. The summed E-state index contributed by atoms with van der Waals surface area (Å²) in [7, 11) is 0. The highest BCUT2D eigenvalue weighted by molar-refractivity contribution is 5.70. The molecule has 2 saturated carbocycles. The SMILES string of the molecule is CCC1CCCC(NCC2CCCCC2C(=O)O)CC1. The second-order valence-corrected chi connectivity index (χ2v) is 6.88. The molecule has 0 heterocycles. The zero-order chi connectivity index (χ0) is 14.4. The molecule has 3 heteroatoms. The van der Waals surface area contributed by atoms with Gasteiger partial charge in [0.1, 0.15) is 0 Å². The Kier molecular flexibility index (Phi) is 6.34. The van der Waals surface area contributed by atoms with Gasteiger partial charge in [0.2, 0.25) is 0 Å². The van der Waals surface area contributed by atoms with E-state index in [1.165, 1.54) is 44.9 Å². The van der Waals surface area contributed by atoms with Gasteiger partial charge in [0, 0.05) is 6.04 Å². The molecule has 116 valence electrons. The first kappa shape index (κ1) is 15.8. The van der Waals surface area contributed by atoms with Gasteiger partial charge in [0.15, 0.2) is 0 Å². The van der Waals surface area contributed by atoms with E-state index in [9.17, 15) is 9.90 Å². The zero-order valence-corrected chi connectivity index (χ0v) is 12.9. The average molecular weight is 281 g/mol. The van der Waals surface area contributed by atoms with Gasteiger partial charge in [-0.2, -0.15) is 0 Å². The Labute approximate surface area is 123 Å². The molecule has 2 rings (SSSR count). The van der Waals surface area contributed by atoms with Gasteiger partial charge in [0.25, 0.3) is 0 Å². The highest BCUT2D eigenvalue weighted by Gasteiger charge is 2.31. The first-order valence-corrected chi connectivity index (χ1v) is 8.67. The molecule has 0 radical (unpaired) electrons. The molecule has 2 aliphatic carbocycles. The number of aliphatic carboxylic acids is 1. The van der Waals surface area contributed by atoms with Gasteiger partial charge in [-0.1, -0.05) is 39.0 Å². The van der Waals surface area contributed by atoms with Crippen molar-refractivity contribution in [1.29, 1.82) is 0 Å². The second kappa shape index (κ2) is 8.02. The van der Waals surface area contributed by atoms with Crippen LogP contribution in [0.25, 0.3) is 0 Å². The van der Waals surface area contributed by atoms with Crippen LogP contribution in [0.15, 0.2) is 0 Å². The Hall–Kier alpha value is -0.570. The maximum atomic E-state index is 11.3. The van der Waals surface area contributed by atoms with Crippen molar-refractivity contribution in [1.82, 2.24) is 5.32 Å². The van der Waals surface area contributed by atoms with Gasteiger partial charge in [-0.25, -0.2) is 0 Å². The summed E-state index contributed by atoms with van der Waals surface area (Å²) in [6.07, 6.45) is 12.2. The summed E-state index contributed by atoms with van der Waals surface area (Å²) in [5.41, 5.74) is 0. The van der Waals surface area contributed by atoms with E-state index in [0.717, 1.165) is 31.7 Å². The van der Waals surface area contributed by atoms with Gasteiger partial charge in [-0.15, -0.1) is 0 Å². The van der Waals surface area contributed by atoms with Gasteiger partial charge in [0.05, 0.1) is 5.92 Å². The van der Waals surface area contributed by atoms with Crippen molar-refractivity contribution in [2.45, 2.75) is 77.2 Å². The maximum absolute atomic E-state index is 11.3. The number of rotatable bonds is 5. The maximum Gasteiger partial charge on any atom is 0.306 e. The van der Waals surface area contributed by atoms with Crippen molar-refractivity contribution in [2.24, 2.45) is 17.8 Å². The largest absolute Gasteiger partial charge is 0.481 e. The number of carboxylic acid groups (broad SMARTS) is 1. The molecule has 0 aromatic heterocycles. The Morgan fingerprint density at radius 2 is 1.85 bits per heavy atom. The van der Waals surface area contributed by atoms with Gasteiger partial charge in [-0.3, -0.25) is 4.79 Å². The van der Waals surface area contributed by atoms with E-state index in [1.54, 1.807) is 0 Å². The van der Waals surface area contributed by atoms with Crippen molar-refractivity contribution in [3.8, 4) is 0 Å². The van der Waals surface area contributed by atoms with Crippen LogP contribution in [0.3, 0.4) is 0 Å². The minimum absolute atomic E-state index is 0.106. The monoisotopic (exact) mass is 281 g/mol. The van der Waals surface area contributed by atoms with E-state index < -0.39 is 5.97 Å². The first-order chi connectivity index (χ1) is 9.70. The summed E-state index contributed by atoms with van der Waals surface area (Å²) in [4.78, 5) is 11.3. The highest BCUT2D eigenvalue weighted by atomic mass is 16.4. The molecule has 3 nitrogen and oxygen atoms in total. The van der Waals surface area contributed by atoms with Crippen LogP contribution in [0, 0.1) is 17.8 Å². The average Bonchev–Trinajstić information content (AvgIpc) is 2.70. The molecule has 4 unspecified atom stereocenters. The molecule has 0 aromatic rings. The summed E-state index contributed by atoms with van der Waals surface area (Å²) >= 11 is 0. The lowest BCUT2D eigenvalue weighted by atomic mass is 9.79. The molecule has 0 aliphatic heterocycles. The standard InChI is InChI=1S/C17H31NO2/c1-2-13-6-5-8-15(11-10-13)18-12-14-7-3-4-9-16(14)17(19)20/h13-16,18H,2-12H2,1H3,(H,19,20). The molecule has 0 saturated heterocycles. The predicted molar refractivity (Wildman–Crippen MR) is 81.7 cm³/mol. The lowest BCUT2D eigenvalue weighted by molar-refractivity contribution is -0.144. The molecule has 4 atom stereocenters. The molecule has 0 aromatic carbocycles. The Morgan fingerprint density at radius 1 is 1.05 bits per heavy atom. The highest BCUT2D eigenvalue weighted by Crippen LogP contribution is 2.31. The quantitative estimate of drug-likeness (QED) is 0.753. The number of carbonyl (C=O) groups is 1. The van der Waals surface area contributed by atoms with E-state index in [4.69, 9.17) is 0 Å². The fraction of sp³-hybridized carbons (Fsp3) is 0.941. The number of carboxylic acids is 1. The minimum atomic E-state index is -0.580. The summed E-state index contributed by atoms with van der Waals surface area (Å²) < 4.78 is 0. The van der Waals surface area contributed by atoms with Crippen LogP contribution >= 0.6 is 0 Å². The van der Waals surface area contributed by atoms with Crippen LogP contribution in [0.2, 0.25) is 0 Å². The Morgan fingerprint density at radius 3 is 2.60 bits per heavy atom. The molecule has 0 bridgehead atoms. The van der Waals surface area contributed by atoms with E-state index in [0.29, 0.717) is 12.0 Å². The van der Waals surface area contributed by atoms with Crippen LogP contribution in [0.4, 0.5) is 0 Å². The smallest absolute Gasteiger partial charge is 0.306 e. The first-order valence-electron chi connectivity index (χ1n) is 8.67. The van der Waals surface area contributed by atoms with Gasteiger partial charge >= 0.3 is 5.97 Å². The Balaban J connectivity index is 1.77. The molecule has 20 heavy (non-hydrogen) atoms. The topological polar surface area (TPSA) is 49.3 Å². The van der Waals surface area contributed by atoms with Crippen LogP contribution in [-0.4, -0.2) is 23.7 Å². The number of hydrogen-bond acceptors (Lipinski definition) is 2. The van der Waals surface area contributed by atoms with E-state index in [-0.39, 0.29) is 5.92 Å². The van der Waals surface area contributed by atoms with Gasteiger partial charge < -0.3 is 10.4 Å². The van der Waals surface area contributed by atoms with Crippen LogP contribution < -0.4 is 5.32 Å². The molecule has 0 spiro atoms. The van der Waals surface area contributed by atoms with Crippen LogP contribution in [-0.2, 0) is 4.79 Å². The van der Waals surface area contributed by atoms with Crippen molar-refractivity contribution >= 4 is 5.97 Å². The third-order valence-electron chi connectivity index (χ3n) is 5.56. The lowest BCUT2D eigenvalue weighted by Gasteiger charge is -2.30. The summed E-state index contributed by atoms with van der Waals surface area (Å²) in [6, 6.07) is 0.628. The molecule has 2 N–H and O–H groups in total. The molecule has 2 aliphatic rings. The number of hydrogen-bond donors (Lipinski definition) is 2. The fourth-order valence-electron chi connectivity index (χ4n) is 4.09. The van der Waals surface area contributed by atoms with E-state index >= 15 is 0 Å². The van der Waals surface area contributed by atoms with Crippen molar-refractivity contribution in [3.63, 3.8) is 0 Å². The Bertz CT molecular complexity index is 305. The third-order valence-corrected chi connectivity index (χ3v) is 5.56. The van der Waals surface area contributed by atoms with Crippen molar-refractivity contribution in [2.75, 3.05) is 6.54 Å². The lowest BCUT2D eigenvalue weighted by Crippen LogP contribution is -2.39. The third kappa shape index (κ3) is 4.47. The van der Waals surface area contributed by atoms with Gasteiger partial charge in [-0.05, 0) is 50.5 Å². The van der Waals surface area contributed by atoms with E-state index in [2.05, 4.69) is 12.2 Å². The fourth-order valence-corrected chi connectivity index (χ4v) is 4.09. The van der Waals surface area contributed by atoms with Crippen molar-refractivity contribution in [3.05, 3.63) is 0 Å². The van der Waals surface area contributed by atoms with E-state index in [1.807, 2.05) is 0 Å². The molecule has 2 fully saturated rings. The molecular weight excluding hydrogens is 250 g/mol. The second-order valence-electron chi connectivity index (χ2n) is 6.88. The normalized spacial score (nSPS) is 35.5. The summed E-state index contributed by atoms with van der Waals surface area (Å²) in [5, 5.41) is 13.0. The zero-order valence-electron chi connectivity index (χ0n) is 12.9. The minimum Gasteiger partial charge on any atom is -0.481 e. The number of nitrogens with one attached hydrogen (secondary N) is 1. The molecular formula is C17H31NO2. The van der Waals surface area contributed by atoms with Crippen LogP contribution in [0.5, 0.6) is 0 Å². The predicted octanol–water partition coefficient (Wildman–Crippen LogP) is 3.83. The molecule has 0 amide bonds. The summed E-state index contributed by atoms with van der Waals surface area (Å²) in [5.74, 6) is 0.587. The van der Waals surface area contributed by atoms with Crippen molar-refractivity contribution < 1.29 is 9.90 Å².